The van der Waals surface area contributed by atoms with Crippen molar-refractivity contribution in [3.63, 3.8) is 0 Å². The molecule has 0 heterocycles. The van der Waals surface area contributed by atoms with Crippen LogP contribution >= 0.6 is 11.6 Å². The molecule has 6 nitrogen and oxygen atoms in total. The van der Waals surface area contributed by atoms with Gasteiger partial charge in [0.15, 0.2) is 0 Å². The Morgan fingerprint density at radius 1 is 1.05 bits per heavy atom. The van der Waals surface area contributed by atoms with Crippen LogP contribution in [0.3, 0.4) is 0 Å². The van der Waals surface area contributed by atoms with Gasteiger partial charge in [-0.15, -0.1) is 0 Å². The molecule has 0 saturated heterocycles. The fraction of sp³-hybridized carbons (Fsp3) is 0. The molecular formula is C13H12ClN3O3S. The minimum atomic E-state index is -3.82. The van der Waals surface area contributed by atoms with Gasteiger partial charge in [0.25, 0.3) is 15.9 Å². The molecule has 0 fully saturated rings. The summed E-state index contributed by atoms with van der Waals surface area (Å²) in [7, 11) is -3.82. The molecule has 21 heavy (non-hydrogen) atoms. The second-order valence-electron chi connectivity index (χ2n) is 4.08. The molecule has 2 aromatic carbocycles. The summed E-state index contributed by atoms with van der Waals surface area (Å²) in [4.78, 5) is 11.6. The highest BCUT2D eigenvalue weighted by Crippen LogP contribution is 2.21. The minimum absolute atomic E-state index is 0.0369. The number of sulfonamides is 1. The van der Waals surface area contributed by atoms with Crippen molar-refractivity contribution in [1.82, 2.24) is 5.43 Å². The average molecular weight is 326 g/mol. The van der Waals surface area contributed by atoms with Gasteiger partial charge in [-0.25, -0.2) is 14.3 Å². The van der Waals surface area contributed by atoms with E-state index in [-0.39, 0.29) is 16.1 Å². The van der Waals surface area contributed by atoms with Crippen molar-refractivity contribution in [3.8, 4) is 0 Å². The lowest BCUT2D eigenvalue weighted by atomic mass is 10.2. The average Bonchev–Trinajstić information content (AvgIpc) is 2.47. The van der Waals surface area contributed by atoms with Gasteiger partial charge < -0.3 is 0 Å². The van der Waals surface area contributed by atoms with E-state index in [0.29, 0.717) is 5.02 Å². The number of hydrazine groups is 1. The van der Waals surface area contributed by atoms with Crippen LogP contribution in [0.2, 0.25) is 5.02 Å². The second kappa shape index (κ2) is 6.13. The first kappa shape index (κ1) is 15.3. The maximum absolute atomic E-state index is 12.3. The first-order chi connectivity index (χ1) is 9.94. The molecule has 110 valence electrons. The molecule has 1 amide bonds. The third-order valence-electron chi connectivity index (χ3n) is 2.67. The number of halogens is 1. The van der Waals surface area contributed by atoms with Crippen molar-refractivity contribution < 1.29 is 13.2 Å². The number of hydrogen-bond donors (Lipinski definition) is 3. The summed E-state index contributed by atoms with van der Waals surface area (Å²) >= 11 is 5.73. The fourth-order valence-corrected chi connectivity index (χ4v) is 2.87. The Morgan fingerprint density at radius 2 is 1.67 bits per heavy atom. The molecule has 0 spiro atoms. The molecule has 0 unspecified atom stereocenters. The van der Waals surface area contributed by atoms with Crippen LogP contribution in [0.5, 0.6) is 0 Å². The van der Waals surface area contributed by atoms with Crippen LogP contribution in [0.4, 0.5) is 5.69 Å². The zero-order chi connectivity index (χ0) is 15.5. The zero-order valence-electron chi connectivity index (χ0n) is 10.7. The fourth-order valence-electron chi connectivity index (χ4n) is 1.67. The summed E-state index contributed by atoms with van der Waals surface area (Å²) in [5.74, 6) is 4.48. The molecule has 2 rings (SSSR count). The van der Waals surface area contributed by atoms with Gasteiger partial charge in [0.1, 0.15) is 0 Å². The van der Waals surface area contributed by atoms with Crippen molar-refractivity contribution in [2.24, 2.45) is 5.84 Å². The number of nitrogens with two attached hydrogens (primary N) is 1. The van der Waals surface area contributed by atoms with E-state index in [1.807, 2.05) is 5.43 Å². The van der Waals surface area contributed by atoms with Crippen LogP contribution in [-0.4, -0.2) is 14.3 Å². The van der Waals surface area contributed by atoms with Crippen LogP contribution in [0.25, 0.3) is 0 Å². The maximum Gasteiger partial charge on any atom is 0.267 e. The Kier molecular flexibility index (Phi) is 4.46. The zero-order valence-corrected chi connectivity index (χ0v) is 12.3. The van der Waals surface area contributed by atoms with Gasteiger partial charge in [0.05, 0.1) is 16.1 Å². The van der Waals surface area contributed by atoms with Crippen molar-refractivity contribution in [2.45, 2.75) is 4.90 Å². The lowest BCUT2D eigenvalue weighted by Crippen LogP contribution is -2.31. The standard InChI is InChI=1S/C13H12ClN3O3S/c14-9-5-7-10(8-6-9)21(19,20)17-12-4-2-1-3-11(12)13(18)16-15/h1-8,17H,15H2,(H,16,18). The minimum Gasteiger partial charge on any atom is -0.290 e. The first-order valence-corrected chi connectivity index (χ1v) is 7.68. The summed E-state index contributed by atoms with van der Waals surface area (Å²) in [5, 5.41) is 0.428. The van der Waals surface area contributed by atoms with Crippen molar-refractivity contribution in [1.29, 1.82) is 0 Å². The van der Waals surface area contributed by atoms with Gasteiger partial charge in [-0.05, 0) is 36.4 Å². The molecule has 4 N–H and O–H groups in total. The van der Waals surface area contributed by atoms with Crippen molar-refractivity contribution >= 4 is 33.2 Å². The third kappa shape index (κ3) is 3.52. The van der Waals surface area contributed by atoms with Gasteiger partial charge in [-0.2, -0.15) is 0 Å². The Labute approximate surface area is 126 Å². The number of carbonyl (C=O) groups excluding carboxylic acids is 1. The summed E-state index contributed by atoms with van der Waals surface area (Å²) in [6.07, 6.45) is 0. The molecule has 0 aliphatic rings. The molecule has 0 aliphatic carbocycles. The van der Waals surface area contributed by atoms with E-state index in [0.717, 1.165) is 0 Å². The van der Waals surface area contributed by atoms with Gasteiger partial charge in [0, 0.05) is 5.02 Å². The van der Waals surface area contributed by atoms with E-state index in [4.69, 9.17) is 17.4 Å². The number of para-hydroxylation sites is 1. The maximum atomic E-state index is 12.3. The van der Waals surface area contributed by atoms with E-state index in [9.17, 15) is 13.2 Å². The van der Waals surface area contributed by atoms with Crippen LogP contribution in [0.15, 0.2) is 53.4 Å². The van der Waals surface area contributed by atoms with Crippen LogP contribution < -0.4 is 16.0 Å². The normalized spacial score (nSPS) is 11.0. The molecule has 0 bridgehead atoms. The Balaban J connectivity index is 2.37. The van der Waals surface area contributed by atoms with Crippen LogP contribution in [0, 0.1) is 0 Å². The molecule has 0 atom stereocenters. The van der Waals surface area contributed by atoms with Crippen molar-refractivity contribution in [2.75, 3.05) is 4.72 Å². The van der Waals surface area contributed by atoms with Gasteiger partial charge in [-0.3, -0.25) is 14.9 Å². The Morgan fingerprint density at radius 3 is 2.29 bits per heavy atom. The monoisotopic (exact) mass is 325 g/mol. The smallest absolute Gasteiger partial charge is 0.267 e. The highest BCUT2D eigenvalue weighted by atomic mass is 35.5. The van der Waals surface area contributed by atoms with Gasteiger partial charge in [-0.1, -0.05) is 23.7 Å². The summed E-state index contributed by atoms with van der Waals surface area (Å²) in [6.45, 7) is 0. The molecule has 0 aliphatic heterocycles. The number of benzene rings is 2. The van der Waals surface area contributed by atoms with Crippen LogP contribution in [-0.2, 0) is 10.0 Å². The Bertz CT molecular complexity index is 760. The largest absolute Gasteiger partial charge is 0.290 e. The molecule has 2 aromatic rings. The number of rotatable bonds is 4. The van der Waals surface area contributed by atoms with E-state index < -0.39 is 15.9 Å². The number of hydrogen-bond acceptors (Lipinski definition) is 4. The predicted molar refractivity (Wildman–Crippen MR) is 80.4 cm³/mol. The topological polar surface area (TPSA) is 101 Å². The van der Waals surface area contributed by atoms with E-state index in [1.54, 1.807) is 12.1 Å². The quantitative estimate of drug-likeness (QED) is 0.453. The van der Waals surface area contributed by atoms with Crippen LogP contribution in [0.1, 0.15) is 10.4 Å². The highest BCUT2D eigenvalue weighted by Gasteiger charge is 2.18. The SMILES string of the molecule is NNC(=O)c1ccccc1NS(=O)(=O)c1ccc(Cl)cc1. The predicted octanol–water partition coefficient (Wildman–Crippen LogP) is 1.74. The molecule has 0 aromatic heterocycles. The number of amides is 1. The molecule has 8 heteroatoms. The summed E-state index contributed by atoms with van der Waals surface area (Å²) in [6, 6.07) is 11.8. The number of carbonyl (C=O) groups is 1. The van der Waals surface area contributed by atoms with E-state index in [2.05, 4.69) is 4.72 Å². The first-order valence-electron chi connectivity index (χ1n) is 5.82. The highest BCUT2D eigenvalue weighted by molar-refractivity contribution is 7.92. The van der Waals surface area contributed by atoms with Gasteiger partial charge >= 0.3 is 0 Å². The number of anilines is 1. The molecule has 0 radical (unpaired) electrons. The van der Waals surface area contributed by atoms with E-state index in [1.165, 1.54) is 36.4 Å². The number of nitrogen functional groups attached to an aromatic ring is 1. The van der Waals surface area contributed by atoms with Gasteiger partial charge in [0.2, 0.25) is 0 Å². The number of nitrogens with one attached hydrogen (secondary N) is 2. The summed E-state index contributed by atoms with van der Waals surface area (Å²) in [5.41, 5.74) is 2.22. The lowest BCUT2D eigenvalue weighted by Gasteiger charge is -2.11. The molecular weight excluding hydrogens is 314 g/mol. The second-order valence-corrected chi connectivity index (χ2v) is 6.20. The molecule has 0 saturated carbocycles. The lowest BCUT2D eigenvalue weighted by molar-refractivity contribution is 0.0954. The van der Waals surface area contributed by atoms with Crippen molar-refractivity contribution in [3.05, 3.63) is 59.1 Å². The summed E-state index contributed by atoms with van der Waals surface area (Å²) < 4.78 is 26.9. The van der Waals surface area contributed by atoms with E-state index >= 15 is 0 Å². The third-order valence-corrected chi connectivity index (χ3v) is 4.30. The Hall–Kier alpha value is -2.09.